The van der Waals surface area contributed by atoms with E-state index < -0.39 is 0 Å². The van der Waals surface area contributed by atoms with Gasteiger partial charge in [-0.25, -0.2) is 4.98 Å². The van der Waals surface area contributed by atoms with E-state index in [1.165, 1.54) is 5.56 Å². The zero-order valence-corrected chi connectivity index (χ0v) is 17.8. The number of carbonyl (C=O) groups is 1. The van der Waals surface area contributed by atoms with Gasteiger partial charge in [0.2, 0.25) is 0 Å². The fourth-order valence-corrected chi connectivity index (χ4v) is 4.13. The summed E-state index contributed by atoms with van der Waals surface area (Å²) in [7, 11) is 0. The molecule has 4 rings (SSSR count). The van der Waals surface area contributed by atoms with Gasteiger partial charge < -0.3 is 16.5 Å². The van der Waals surface area contributed by atoms with Crippen molar-refractivity contribution in [3.63, 3.8) is 0 Å². The Balaban J connectivity index is 1.73. The number of H-pyrrole nitrogens is 1. The third-order valence-corrected chi connectivity index (χ3v) is 6.12. The summed E-state index contributed by atoms with van der Waals surface area (Å²) in [6.07, 6.45) is 3.99. The molecule has 0 aliphatic heterocycles. The number of nitrogens with two attached hydrogens (primary N) is 2. The summed E-state index contributed by atoms with van der Waals surface area (Å²) in [6, 6.07) is 9.51. The average molecular weight is 404 g/mol. The van der Waals surface area contributed by atoms with Gasteiger partial charge in [-0.15, -0.1) is 0 Å². The van der Waals surface area contributed by atoms with Gasteiger partial charge >= 0.3 is 0 Å². The molecule has 0 saturated heterocycles. The second-order valence-electron chi connectivity index (χ2n) is 8.96. The van der Waals surface area contributed by atoms with Crippen LogP contribution in [0.3, 0.4) is 0 Å². The van der Waals surface area contributed by atoms with Gasteiger partial charge in [0.25, 0.3) is 0 Å². The highest BCUT2D eigenvalue weighted by Crippen LogP contribution is 2.36. The SMILES string of the molecule is CCCC(C)(C)c1ccc2nc(C(=N)c3c(N)ccc(C(=O)C4CC4)c3N)[nH]c2c1. The summed E-state index contributed by atoms with van der Waals surface area (Å²) in [5.41, 5.74) is 17.0. The van der Waals surface area contributed by atoms with Gasteiger partial charge in [0.15, 0.2) is 11.6 Å². The number of carbonyl (C=O) groups excluding carboxylic acids is 1. The van der Waals surface area contributed by atoms with Crippen molar-refractivity contribution in [2.24, 2.45) is 5.92 Å². The van der Waals surface area contributed by atoms with Crippen LogP contribution >= 0.6 is 0 Å². The molecule has 1 fully saturated rings. The number of nitrogens with zero attached hydrogens (tertiary/aromatic N) is 1. The number of aromatic nitrogens is 2. The third-order valence-electron chi connectivity index (χ3n) is 6.12. The Labute approximate surface area is 176 Å². The molecule has 0 spiro atoms. The maximum absolute atomic E-state index is 12.6. The Morgan fingerprint density at radius 3 is 2.63 bits per heavy atom. The number of rotatable bonds is 7. The lowest BCUT2D eigenvalue weighted by Gasteiger charge is -2.24. The highest BCUT2D eigenvalue weighted by Gasteiger charge is 2.32. The first-order valence-corrected chi connectivity index (χ1v) is 10.5. The summed E-state index contributed by atoms with van der Waals surface area (Å²) >= 11 is 0. The van der Waals surface area contributed by atoms with Crippen molar-refractivity contribution in [1.82, 2.24) is 9.97 Å². The van der Waals surface area contributed by atoms with Crippen molar-refractivity contribution in [3.8, 4) is 0 Å². The van der Waals surface area contributed by atoms with E-state index in [-0.39, 0.29) is 28.5 Å². The van der Waals surface area contributed by atoms with Crippen molar-refractivity contribution in [2.45, 2.75) is 51.9 Å². The molecule has 30 heavy (non-hydrogen) atoms. The average Bonchev–Trinajstić information content (AvgIpc) is 3.45. The molecule has 1 aromatic heterocycles. The minimum Gasteiger partial charge on any atom is -0.398 e. The third kappa shape index (κ3) is 3.47. The molecular weight excluding hydrogens is 374 g/mol. The van der Waals surface area contributed by atoms with Gasteiger partial charge in [-0.05, 0) is 54.5 Å². The van der Waals surface area contributed by atoms with Gasteiger partial charge in [0.1, 0.15) is 5.71 Å². The number of nitrogen functional groups attached to an aromatic ring is 2. The number of aromatic amines is 1. The number of ketones is 1. The standard InChI is InChI=1S/C24H29N5O/c1-4-11-24(2,3)14-7-10-17-18(12-14)29-23(28-17)21(27)19-16(25)9-8-15(20(19)26)22(30)13-5-6-13/h7-10,12-13,27H,4-6,11,25-26H2,1-3H3,(H,28,29). The summed E-state index contributed by atoms with van der Waals surface area (Å²) in [5.74, 6) is 0.480. The van der Waals surface area contributed by atoms with Crippen LogP contribution in [0.1, 0.15) is 73.8 Å². The van der Waals surface area contributed by atoms with Gasteiger partial charge in [0.05, 0.1) is 16.7 Å². The van der Waals surface area contributed by atoms with E-state index in [0.717, 1.165) is 36.7 Å². The zero-order valence-electron chi connectivity index (χ0n) is 17.8. The van der Waals surface area contributed by atoms with Crippen molar-refractivity contribution in [1.29, 1.82) is 5.41 Å². The Kier molecular flexibility index (Phi) is 4.88. The van der Waals surface area contributed by atoms with Crippen LogP contribution < -0.4 is 11.5 Å². The summed E-state index contributed by atoms with van der Waals surface area (Å²) in [4.78, 5) is 20.4. The molecule has 0 radical (unpaired) electrons. The lowest BCUT2D eigenvalue weighted by molar-refractivity contribution is 0.0968. The molecule has 1 heterocycles. The fraction of sp³-hybridized carbons (Fsp3) is 0.375. The number of hydrogen-bond donors (Lipinski definition) is 4. The minimum atomic E-state index is 0.0361. The number of fused-ring (bicyclic) bond motifs is 1. The largest absolute Gasteiger partial charge is 0.398 e. The zero-order chi connectivity index (χ0) is 21.6. The highest BCUT2D eigenvalue weighted by molar-refractivity contribution is 6.19. The van der Waals surface area contributed by atoms with E-state index in [1.54, 1.807) is 12.1 Å². The Morgan fingerprint density at radius 1 is 1.23 bits per heavy atom. The number of Topliss-reactive ketones (excluding diaryl/α,β-unsaturated/α-hetero) is 1. The van der Waals surface area contributed by atoms with Crippen LogP contribution in [0, 0.1) is 11.3 Å². The number of hydrogen-bond acceptors (Lipinski definition) is 5. The first-order chi connectivity index (χ1) is 14.2. The molecule has 1 saturated carbocycles. The van der Waals surface area contributed by atoms with Crippen molar-refractivity contribution < 1.29 is 4.79 Å². The van der Waals surface area contributed by atoms with Crippen LogP contribution in [-0.4, -0.2) is 21.5 Å². The molecule has 0 atom stereocenters. The van der Waals surface area contributed by atoms with Crippen LogP contribution in [-0.2, 0) is 5.41 Å². The molecule has 3 aromatic rings. The van der Waals surface area contributed by atoms with Gasteiger partial charge in [-0.3, -0.25) is 10.2 Å². The van der Waals surface area contributed by atoms with Crippen LogP contribution in [0.4, 0.5) is 11.4 Å². The van der Waals surface area contributed by atoms with Gasteiger partial charge in [-0.1, -0.05) is 33.3 Å². The Hall–Kier alpha value is -3.15. The molecule has 6 N–H and O–H groups in total. The van der Waals surface area contributed by atoms with Crippen molar-refractivity contribution in [2.75, 3.05) is 11.5 Å². The van der Waals surface area contributed by atoms with E-state index in [1.807, 2.05) is 6.07 Å². The molecule has 0 bridgehead atoms. The molecule has 156 valence electrons. The monoisotopic (exact) mass is 403 g/mol. The number of nitrogens with one attached hydrogen (secondary N) is 2. The molecule has 6 nitrogen and oxygen atoms in total. The maximum atomic E-state index is 12.6. The number of anilines is 2. The van der Waals surface area contributed by atoms with E-state index >= 15 is 0 Å². The van der Waals surface area contributed by atoms with Crippen molar-refractivity contribution in [3.05, 3.63) is 52.8 Å². The molecule has 1 aliphatic rings. The lowest BCUT2D eigenvalue weighted by atomic mass is 9.80. The second-order valence-corrected chi connectivity index (χ2v) is 8.96. The van der Waals surface area contributed by atoms with Crippen molar-refractivity contribution >= 4 is 33.9 Å². The highest BCUT2D eigenvalue weighted by atomic mass is 16.1. The molecule has 2 aromatic carbocycles. The predicted molar refractivity (Wildman–Crippen MR) is 122 cm³/mol. The summed E-state index contributed by atoms with van der Waals surface area (Å²) in [5, 5.41) is 8.72. The fourth-order valence-electron chi connectivity index (χ4n) is 4.13. The maximum Gasteiger partial charge on any atom is 0.168 e. The first kappa shape index (κ1) is 20.1. The second kappa shape index (κ2) is 7.27. The molecule has 6 heteroatoms. The quantitative estimate of drug-likeness (QED) is 0.257. The topological polar surface area (TPSA) is 122 Å². The van der Waals surface area contributed by atoms with Crippen LogP contribution in [0.2, 0.25) is 0 Å². The first-order valence-electron chi connectivity index (χ1n) is 10.5. The summed E-state index contributed by atoms with van der Waals surface area (Å²) < 4.78 is 0. The number of benzene rings is 2. The van der Waals surface area contributed by atoms with Gasteiger partial charge in [0, 0.05) is 22.7 Å². The predicted octanol–water partition coefficient (Wildman–Crippen LogP) is 4.81. The molecular formula is C24H29N5O. The van der Waals surface area contributed by atoms with Crippen LogP contribution in [0.5, 0.6) is 0 Å². The van der Waals surface area contributed by atoms with E-state index in [4.69, 9.17) is 16.9 Å². The Morgan fingerprint density at radius 2 is 1.97 bits per heavy atom. The van der Waals surface area contributed by atoms with Crippen LogP contribution in [0.15, 0.2) is 30.3 Å². The Bertz CT molecular complexity index is 1150. The molecule has 0 amide bonds. The minimum absolute atomic E-state index is 0.0361. The van der Waals surface area contributed by atoms with Gasteiger partial charge in [-0.2, -0.15) is 0 Å². The lowest BCUT2D eigenvalue weighted by Crippen LogP contribution is -2.16. The van der Waals surface area contributed by atoms with Crippen LogP contribution in [0.25, 0.3) is 11.0 Å². The van der Waals surface area contributed by atoms with E-state index in [0.29, 0.717) is 22.6 Å². The molecule has 0 unspecified atom stereocenters. The smallest absolute Gasteiger partial charge is 0.168 e. The number of imidazole rings is 1. The van der Waals surface area contributed by atoms with E-state index in [2.05, 4.69) is 42.9 Å². The normalized spacial score (nSPS) is 14.2. The van der Waals surface area contributed by atoms with E-state index in [9.17, 15) is 4.79 Å². The molecule has 1 aliphatic carbocycles. The summed E-state index contributed by atoms with van der Waals surface area (Å²) in [6.45, 7) is 6.66.